The first-order valence-electron chi connectivity index (χ1n) is 21.6. The normalized spacial score (nSPS) is 13.1. The fourth-order valence-corrected chi connectivity index (χ4v) is 7.89. The number of nitrogens with zero attached hydrogens (tertiary/aromatic N) is 2. The summed E-state index contributed by atoms with van der Waals surface area (Å²) in [6.45, 7) is 18.3. The second-order valence-corrected chi connectivity index (χ2v) is 15.3. The summed E-state index contributed by atoms with van der Waals surface area (Å²) >= 11 is 0. The summed E-state index contributed by atoms with van der Waals surface area (Å²) in [6, 6.07) is 9.64. The minimum atomic E-state index is 0.831. The molecule has 1 heterocycles. The zero-order valence-corrected chi connectivity index (χ0v) is 34.5. The van der Waals surface area contributed by atoms with Crippen molar-refractivity contribution in [2.75, 3.05) is 0 Å². The predicted octanol–water partition coefficient (Wildman–Crippen LogP) is 15.2. The molecule has 0 bridgehead atoms. The number of benzene rings is 2. The van der Waals surface area contributed by atoms with Gasteiger partial charge in [0.15, 0.2) is 0 Å². The van der Waals surface area contributed by atoms with E-state index in [4.69, 9.17) is 0 Å². The number of unbranched alkanes of at least 4 members (excludes halogenated alkanes) is 13. The Hall–Kier alpha value is -2.92. The van der Waals surface area contributed by atoms with Gasteiger partial charge in [0.05, 0.1) is 0 Å². The highest BCUT2D eigenvalue weighted by molar-refractivity contribution is 5.86. The maximum atomic E-state index is 12.5. The molecule has 0 N–H and O–H groups in total. The van der Waals surface area contributed by atoms with Gasteiger partial charge in [-0.25, -0.2) is 4.70 Å². The van der Waals surface area contributed by atoms with Crippen LogP contribution in [0.1, 0.15) is 208 Å². The molecule has 0 aromatic heterocycles. The van der Waals surface area contributed by atoms with E-state index in [1.165, 1.54) is 142 Å². The van der Waals surface area contributed by atoms with E-state index in [9.17, 15) is 5.53 Å². The molecule has 2 aromatic rings. The highest BCUT2D eigenvalue weighted by atomic mass is 15.2. The number of hydrogen-bond donors (Lipinski definition) is 0. The molecule has 1 aliphatic heterocycles. The summed E-state index contributed by atoms with van der Waals surface area (Å²) in [6.07, 6.45) is 27.3. The second-order valence-electron chi connectivity index (χ2n) is 15.3. The topological polar surface area (TPSA) is 25.3 Å². The van der Waals surface area contributed by atoms with Gasteiger partial charge in [0.25, 0.3) is 0 Å². The third-order valence-electron chi connectivity index (χ3n) is 11.2. The van der Waals surface area contributed by atoms with Gasteiger partial charge in [-0.3, -0.25) is 0 Å². The fraction of sp³-hybridized carbons (Fsp3) is 0.633. The first-order chi connectivity index (χ1) is 24.9. The zero-order valence-electron chi connectivity index (χ0n) is 34.5. The molecule has 2 nitrogen and oxygen atoms in total. The Bertz CT molecular complexity index is 1450. The van der Waals surface area contributed by atoms with Gasteiger partial charge in [0.2, 0.25) is 11.4 Å². The van der Waals surface area contributed by atoms with Crippen LogP contribution in [0.3, 0.4) is 0 Å². The van der Waals surface area contributed by atoms with Crippen molar-refractivity contribution in [1.29, 1.82) is 0 Å². The number of rotatable bonds is 24. The minimum absolute atomic E-state index is 0.831. The van der Waals surface area contributed by atoms with Gasteiger partial charge in [0, 0.05) is 23.1 Å². The van der Waals surface area contributed by atoms with Crippen molar-refractivity contribution in [3.05, 3.63) is 85.5 Å². The quantitative estimate of drug-likeness (QED) is 0.0595. The average Bonchev–Trinajstić information content (AvgIpc) is 3.41. The molecule has 0 spiro atoms. The molecule has 51 heavy (non-hydrogen) atoms. The molecule has 0 amide bonds. The monoisotopic (exact) mass is 691 g/mol. The van der Waals surface area contributed by atoms with Crippen LogP contribution in [0.4, 0.5) is 0 Å². The van der Waals surface area contributed by atoms with Gasteiger partial charge in [-0.05, 0) is 136 Å². The SMILES string of the molecule is CCCC#CC1=C(c2cc(CCCCCC)c(C)c(CCCCCC)c2)[N+](=[N-])C(c2cc(CCCCCC)c(C)c(CCCCCC)c2)=C1CC. The second kappa shape index (κ2) is 23.6. The van der Waals surface area contributed by atoms with Crippen LogP contribution in [0.25, 0.3) is 16.9 Å². The van der Waals surface area contributed by atoms with E-state index < -0.39 is 0 Å². The Labute approximate surface area is 315 Å². The molecule has 2 aromatic carbocycles. The lowest BCUT2D eigenvalue weighted by Gasteiger charge is -2.18. The van der Waals surface area contributed by atoms with Crippen LogP contribution in [0.2, 0.25) is 0 Å². The summed E-state index contributed by atoms with van der Waals surface area (Å²) in [5.41, 5.74) is 27.6. The lowest BCUT2D eigenvalue weighted by Crippen LogP contribution is -2.07. The van der Waals surface area contributed by atoms with Gasteiger partial charge in [-0.2, -0.15) is 0 Å². The Balaban J connectivity index is 2.20. The first kappa shape index (κ1) is 42.5. The Kier molecular flexibility index (Phi) is 19.7. The van der Waals surface area contributed by atoms with E-state index in [-0.39, 0.29) is 0 Å². The van der Waals surface area contributed by atoms with Crippen LogP contribution < -0.4 is 0 Å². The molecule has 0 radical (unpaired) electrons. The van der Waals surface area contributed by atoms with E-state index in [1.54, 1.807) is 4.70 Å². The molecule has 2 heteroatoms. The molecule has 0 unspecified atom stereocenters. The maximum Gasteiger partial charge on any atom is 0.223 e. The maximum absolute atomic E-state index is 12.5. The van der Waals surface area contributed by atoms with Crippen LogP contribution in [-0.2, 0) is 25.7 Å². The molecule has 1 aliphatic rings. The Morgan fingerprint density at radius 1 is 0.490 bits per heavy atom. The third-order valence-corrected chi connectivity index (χ3v) is 11.2. The smallest absolute Gasteiger partial charge is 0.223 e. The highest BCUT2D eigenvalue weighted by Crippen LogP contribution is 2.43. The molecule has 0 atom stereocenters. The summed E-state index contributed by atoms with van der Waals surface area (Å²) < 4.78 is 1.56. The van der Waals surface area contributed by atoms with Crippen LogP contribution in [-0.4, -0.2) is 4.70 Å². The van der Waals surface area contributed by atoms with Crippen LogP contribution in [0.5, 0.6) is 0 Å². The summed E-state index contributed by atoms with van der Waals surface area (Å²) in [4.78, 5) is 0. The van der Waals surface area contributed by atoms with E-state index in [0.717, 1.165) is 73.0 Å². The number of aryl methyl sites for hydroxylation is 4. The molecule has 0 saturated heterocycles. The van der Waals surface area contributed by atoms with Crippen molar-refractivity contribution in [3.63, 3.8) is 0 Å². The molecule has 0 saturated carbocycles. The van der Waals surface area contributed by atoms with Crippen LogP contribution >= 0.6 is 0 Å². The van der Waals surface area contributed by atoms with Gasteiger partial charge in [-0.1, -0.05) is 130 Å². The average molecular weight is 691 g/mol. The van der Waals surface area contributed by atoms with Crippen molar-refractivity contribution in [3.8, 4) is 11.8 Å². The van der Waals surface area contributed by atoms with Crippen molar-refractivity contribution < 1.29 is 4.70 Å². The highest BCUT2D eigenvalue weighted by Gasteiger charge is 2.35. The Morgan fingerprint density at radius 3 is 1.20 bits per heavy atom. The Morgan fingerprint density at radius 2 is 0.863 bits per heavy atom. The minimum Gasteiger partial charge on any atom is -0.493 e. The van der Waals surface area contributed by atoms with E-state index in [1.807, 2.05) is 0 Å². The number of allylic oxidation sites excluding steroid dienone is 2. The molecule has 280 valence electrons. The molecule has 0 aliphatic carbocycles. The molecular formula is C49H74N2. The van der Waals surface area contributed by atoms with Crippen molar-refractivity contribution in [2.24, 2.45) is 0 Å². The van der Waals surface area contributed by atoms with Crippen LogP contribution in [0.15, 0.2) is 35.4 Å². The van der Waals surface area contributed by atoms with Gasteiger partial charge in [-0.15, -0.1) is 0 Å². The summed E-state index contributed by atoms with van der Waals surface area (Å²) in [5, 5.41) is 0. The zero-order chi connectivity index (χ0) is 37.0. The van der Waals surface area contributed by atoms with Crippen LogP contribution in [0, 0.1) is 25.7 Å². The van der Waals surface area contributed by atoms with E-state index >= 15 is 0 Å². The summed E-state index contributed by atoms with van der Waals surface area (Å²) in [5.74, 6) is 7.15. The predicted molar refractivity (Wildman–Crippen MR) is 224 cm³/mol. The van der Waals surface area contributed by atoms with E-state index in [0.29, 0.717) is 0 Å². The molecular weight excluding hydrogens is 617 g/mol. The molecule has 0 fully saturated rings. The first-order valence-corrected chi connectivity index (χ1v) is 21.6. The standard InChI is InChI=1S/C49H74N2/c1-9-15-20-25-29-40-34-44(35-41(38(40)7)30-26-21-16-10-2)48-46(14-6)47(33-24-19-13-5)49(51(48)50)45-36-42(31-27-22-17-11-3)39(8)43(37-45)32-28-23-18-12-4/h34-37H,9-23,25-32H2,1-8H3. The lowest BCUT2D eigenvalue weighted by atomic mass is 9.89. The van der Waals surface area contributed by atoms with E-state index in [2.05, 4.69) is 91.5 Å². The van der Waals surface area contributed by atoms with Gasteiger partial charge in [0.1, 0.15) is 5.57 Å². The van der Waals surface area contributed by atoms with Crippen molar-refractivity contribution in [2.45, 2.75) is 203 Å². The third kappa shape index (κ3) is 12.3. The lowest BCUT2D eigenvalue weighted by molar-refractivity contribution is -0.345. The number of hydrogen-bond acceptors (Lipinski definition) is 0. The largest absolute Gasteiger partial charge is 0.493 e. The van der Waals surface area contributed by atoms with Crippen molar-refractivity contribution in [1.82, 2.24) is 0 Å². The summed E-state index contributed by atoms with van der Waals surface area (Å²) in [7, 11) is 0. The van der Waals surface area contributed by atoms with Crippen molar-refractivity contribution >= 4 is 11.4 Å². The van der Waals surface area contributed by atoms with Gasteiger partial charge >= 0.3 is 0 Å². The van der Waals surface area contributed by atoms with Gasteiger partial charge < -0.3 is 5.53 Å². The molecule has 3 rings (SSSR count). The fourth-order valence-electron chi connectivity index (χ4n) is 7.89.